The maximum atomic E-state index is 9.01. The van der Waals surface area contributed by atoms with Crippen LogP contribution in [0.5, 0.6) is 0 Å². The molecule has 1 aliphatic heterocycles. The van der Waals surface area contributed by atoms with Gasteiger partial charge in [-0.15, -0.1) is 0 Å². The Hall–Kier alpha value is -0.940. The first-order valence-corrected chi connectivity index (χ1v) is 7.33. The molecule has 0 unspecified atom stereocenters. The normalized spacial score (nSPS) is 23.1. The average Bonchev–Trinajstić information content (AvgIpc) is 2.53. The van der Waals surface area contributed by atoms with Crippen LogP contribution in [0.15, 0.2) is 30.3 Å². The molecule has 112 valence electrons. The van der Waals surface area contributed by atoms with Crippen LogP contribution < -0.4 is 0 Å². The minimum absolute atomic E-state index is 0.0116. The van der Waals surface area contributed by atoms with Gasteiger partial charge in [-0.25, -0.2) is 0 Å². The second kappa shape index (κ2) is 8.37. The van der Waals surface area contributed by atoms with Crippen molar-refractivity contribution < 1.29 is 19.7 Å². The van der Waals surface area contributed by atoms with Crippen LogP contribution in [0.25, 0.3) is 0 Å². The molecule has 1 saturated heterocycles. The molecule has 1 aliphatic rings. The van der Waals surface area contributed by atoms with Gasteiger partial charge in [0.25, 0.3) is 0 Å². The highest BCUT2D eigenvalue weighted by atomic mass is 16.7. The first-order valence-electron chi connectivity index (χ1n) is 7.33. The van der Waals surface area contributed by atoms with Crippen molar-refractivity contribution in [2.24, 2.45) is 11.8 Å². The predicted molar refractivity (Wildman–Crippen MR) is 76.1 cm³/mol. The van der Waals surface area contributed by atoms with Crippen LogP contribution in [0.2, 0.25) is 0 Å². The second-order valence-electron chi connectivity index (χ2n) is 5.44. The Morgan fingerprint density at radius 1 is 1.05 bits per heavy atom. The largest absolute Gasteiger partial charge is 0.396 e. The first-order chi connectivity index (χ1) is 9.83. The number of hydrogen-bond donors (Lipinski definition) is 2. The molecule has 0 bridgehead atoms. The van der Waals surface area contributed by atoms with Crippen LogP contribution in [0.3, 0.4) is 0 Å². The molecule has 4 nitrogen and oxygen atoms in total. The van der Waals surface area contributed by atoms with Gasteiger partial charge < -0.3 is 19.7 Å². The number of aliphatic hydroxyl groups excluding tert-OH is 2. The molecule has 0 aliphatic carbocycles. The fourth-order valence-corrected chi connectivity index (χ4v) is 2.45. The standard InChI is InChI=1S/C16H24O4/c17-9-13(10-18)5-4-6-14-11-19-16(20-12-14)15-7-2-1-3-8-15/h1-3,7-8,13-14,16-18H,4-6,9-12H2. The third kappa shape index (κ3) is 4.56. The fourth-order valence-electron chi connectivity index (χ4n) is 2.45. The quantitative estimate of drug-likeness (QED) is 0.803. The van der Waals surface area contributed by atoms with Crippen molar-refractivity contribution in [3.05, 3.63) is 35.9 Å². The van der Waals surface area contributed by atoms with Gasteiger partial charge in [-0.1, -0.05) is 36.8 Å². The molecule has 20 heavy (non-hydrogen) atoms. The first kappa shape index (κ1) is 15.4. The van der Waals surface area contributed by atoms with Gasteiger partial charge in [0, 0.05) is 30.6 Å². The zero-order chi connectivity index (χ0) is 14.2. The van der Waals surface area contributed by atoms with Crippen LogP contribution in [-0.2, 0) is 9.47 Å². The fraction of sp³-hybridized carbons (Fsp3) is 0.625. The molecule has 1 fully saturated rings. The molecule has 4 heteroatoms. The maximum absolute atomic E-state index is 9.01. The summed E-state index contributed by atoms with van der Waals surface area (Å²) in [5, 5.41) is 18.0. The van der Waals surface area contributed by atoms with Crippen molar-refractivity contribution in [1.82, 2.24) is 0 Å². The predicted octanol–water partition coefficient (Wildman–Crippen LogP) is 2.12. The van der Waals surface area contributed by atoms with E-state index in [9.17, 15) is 0 Å². The number of ether oxygens (including phenoxy) is 2. The van der Waals surface area contributed by atoms with Crippen molar-refractivity contribution in [3.63, 3.8) is 0 Å². The molecule has 0 radical (unpaired) electrons. The SMILES string of the molecule is OCC(CO)CCCC1COC(c2ccccc2)OC1. The van der Waals surface area contributed by atoms with Crippen molar-refractivity contribution in [3.8, 4) is 0 Å². The summed E-state index contributed by atoms with van der Waals surface area (Å²) >= 11 is 0. The Bertz CT molecular complexity index is 356. The Labute approximate surface area is 120 Å². The molecule has 2 rings (SSSR count). The van der Waals surface area contributed by atoms with Crippen LogP contribution in [0.4, 0.5) is 0 Å². The lowest BCUT2D eigenvalue weighted by molar-refractivity contribution is -0.206. The third-order valence-corrected chi connectivity index (χ3v) is 3.78. The lowest BCUT2D eigenvalue weighted by Gasteiger charge is -2.29. The molecule has 0 amide bonds. The number of hydrogen-bond acceptors (Lipinski definition) is 4. The van der Waals surface area contributed by atoms with E-state index in [1.165, 1.54) is 0 Å². The molecular weight excluding hydrogens is 256 g/mol. The highest BCUT2D eigenvalue weighted by molar-refractivity contribution is 5.16. The number of rotatable bonds is 7. The highest BCUT2D eigenvalue weighted by Gasteiger charge is 2.23. The molecule has 1 heterocycles. The molecule has 2 N–H and O–H groups in total. The van der Waals surface area contributed by atoms with E-state index in [4.69, 9.17) is 19.7 Å². The van der Waals surface area contributed by atoms with Gasteiger partial charge >= 0.3 is 0 Å². The number of benzene rings is 1. The lowest BCUT2D eigenvalue weighted by atomic mass is 9.98. The van der Waals surface area contributed by atoms with Gasteiger partial charge in [0.05, 0.1) is 13.2 Å². The number of aliphatic hydroxyl groups is 2. The Morgan fingerprint density at radius 2 is 1.70 bits per heavy atom. The van der Waals surface area contributed by atoms with E-state index < -0.39 is 0 Å². The second-order valence-corrected chi connectivity index (χ2v) is 5.44. The van der Waals surface area contributed by atoms with Gasteiger partial charge in [-0.2, -0.15) is 0 Å². The lowest BCUT2D eigenvalue weighted by Crippen LogP contribution is -2.27. The van der Waals surface area contributed by atoms with Gasteiger partial charge in [0.1, 0.15) is 0 Å². The van der Waals surface area contributed by atoms with Crippen LogP contribution in [0.1, 0.15) is 31.1 Å². The summed E-state index contributed by atoms with van der Waals surface area (Å²) < 4.78 is 11.5. The van der Waals surface area contributed by atoms with Crippen LogP contribution in [0, 0.1) is 11.8 Å². The summed E-state index contributed by atoms with van der Waals surface area (Å²) in [5.41, 5.74) is 1.06. The summed E-state index contributed by atoms with van der Waals surface area (Å²) in [4.78, 5) is 0. The molecule has 0 spiro atoms. The Morgan fingerprint density at radius 3 is 2.30 bits per heavy atom. The molecule has 0 aromatic heterocycles. The van der Waals surface area contributed by atoms with Gasteiger partial charge in [0.2, 0.25) is 0 Å². The van der Waals surface area contributed by atoms with E-state index in [0.29, 0.717) is 19.1 Å². The Kier molecular flexibility index (Phi) is 6.47. The smallest absolute Gasteiger partial charge is 0.183 e. The van der Waals surface area contributed by atoms with Crippen molar-refractivity contribution >= 4 is 0 Å². The average molecular weight is 280 g/mol. The van der Waals surface area contributed by atoms with E-state index in [-0.39, 0.29) is 25.4 Å². The monoisotopic (exact) mass is 280 g/mol. The summed E-state index contributed by atoms with van der Waals surface area (Å²) in [7, 11) is 0. The molecule has 0 saturated carbocycles. The summed E-state index contributed by atoms with van der Waals surface area (Å²) in [5.74, 6) is 0.422. The van der Waals surface area contributed by atoms with Gasteiger partial charge in [-0.3, -0.25) is 0 Å². The summed E-state index contributed by atoms with van der Waals surface area (Å²) in [6.07, 6.45) is 2.61. The summed E-state index contributed by atoms with van der Waals surface area (Å²) in [6, 6.07) is 9.97. The van der Waals surface area contributed by atoms with Crippen LogP contribution in [-0.4, -0.2) is 36.6 Å². The zero-order valence-electron chi connectivity index (χ0n) is 11.8. The third-order valence-electron chi connectivity index (χ3n) is 3.78. The highest BCUT2D eigenvalue weighted by Crippen LogP contribution is 2.27. The van der Waals surface area contributed by atoms with Gasteiger partial charge in [-0.05, 0) is 12.8 Å². The molecular formula is C16H24O4. The summed E-state index contributed by atoms with van der Waals surface area (Å²) in [6.45, 7) is 1.54. The van der Waals surface area contributed by atoms with E-state index >= 15 is 0 Å². The van der Waals surface area contributed by atoms with E-state index in [1.54, 1.807) is 0 Å². The minimum atomic E-state index is -0.241. The van der Waals surface area contributed by atoms with E-state index in [0.717, 1.165) is 24.8 Å². The topological polar surface area (TPSA) is 58.9 Å². The van der Waals surface area contributed by atoms with Crippen molar-refractivity contribution in [1.29, 1.82) is 0 Å². The van der Waals surface area contributed by atoms with Crippen molar-refractivity contribution in [2.45, 2.75) is 25.6 Å². The van der Waals surface area contributed by atoms with E-state index in [2.05, 4.69) is 0 Å². The van der Waals surface area contributed by atoms with Gasteiger partial charge in [0.15, 0.2) is 6.29 Å². The minimum Gasteiger partial charge on any atom is -0.396 e. The molecule has 0 atom stereocenters. The van der Waals surface area contributed by atoms with E-state index in [1.807, 2.05) is 30.3 Å². The maximum Gasteiger partial charge on any atom is 0.183 e. The zero-order valence-corrected chi connectivity index (χ0v) is 11.8. The van der Waals surface area contributed by atoms with Crippen LogP contribution >= 0.6 is 0 Å². The molecule has 1 aromatic rings. The Balaban J connectivity index is 1.67. The molecule has 1 aromatic carbocycles. The van der Waals surface area contributed by atoms with Crippen molar-refractivity contribution in [2.75, 3.05) is 26.4 Å².